The number of anilines is 2. The number of ether oxygens (including phenoxy) is 1. The second-order valence-electron chi connectivity index (χ2n) is 5.18. The molecule has 4 nitrogen and oxygen atoms in total. The van der Waals surface area contributed by atoms with Crippen LogP contribution >= 0.6 is 0 Å². The molecule has 0 aliphatic carbocycles. The quantitative estimate of drug-likeness (QED) is 0.854. The molecule has 0 aliphatic rings. The Labute approximate surface area is 131 Å². The van der Waals surface area contributed by atoms with Gasteiger partial charge in [-0.2, -0.15) is 0 Å². The predicted octanol–water partition coefficient (Wildman–Crippen LogP) is 3.75. The van der Waals surface area contributed by atoms with Crippen LogP contribution in [0.2, 0.25) is 0 Å². The number of carbonyl (C=O) groups excluding carboxylic acids is 1. The van der Waals surface area contributed by atoms with E-state index in [-0.39, 0.29) is 12.5 Å². The van der Waals surface area contributed by atoms with Crippen molar-refractivity contribution in [3.8, 4) is 5.75 Å². The first-order valence-electron chi connectivity index (χ1n) is 7.42. The zero-order valence-electron chi connectivity index (χ0n) is 13.3. The standard InChI is InChI=1S/C18H22N2O2/c1-4-22-16-9-7-15(8-10-16)19-12-18(21)20-17-11-13(2)5-6-14(17)3/h5-11,19H,4,12H2,1-3H3,(H,20,21). The topological polar surface area (TPSA) is 50.4 Å². The van der Waals surface area contributed by atoms with Crippen molar-refractivity contribution < 1.29 is 9.53 Å². The van der Waals surface area contributed by atoms with Gasteiger partial charge in [-0.05, 0) is 62.2 Å². The van der Waals surface area contributed by atoms with E-state index in [2.05, 4.69) is 10.6 Å². The number of carbonyl (C=O) groups is 1. The van der Waals surface area contributed by atoms with E-state index in [1.54, 1.807) is 0 Å². The van der Waals surface area contributed by atoms with Crippen molar-refractivity contribution >= 4 is 17.3 Å². The normalized spacial score (nSPS) is 10.1. The van der Waals surface area contributed by atoms with E-state index in [1.165, 1.54) is 0 Å². The molecule has 2 aromatic rings. The van der Waals surface area contributed by atoms with Crippen LogP contribution in [-0.4, -0.2) is 19.1 Å². The highest BCUT2D eigenvalue weighted by Gasteiger charge is 2.05. The monoisotopic (exact) mass is 298 g/mol. The maximum absolute atomic E-state index is 12.0. The van der Waals surface area contributed by atoms with Gasteiger partial charge in [-0.1, -0.05) is 12.1 Å². The average molecular weight is 298 g/mol. The van der Waals surface area contributed by atoms with E-state index < -0.39 is 0 Å². The molecule has 2 aromatic carbocycles. The minimum atomic E-state index is -0.0671. The molecule has 116 valence electrons. The molecule has 4 heteroatoms. The summed E-state index contributed by atoms with van der Waals surface area (Å²) >= 11 is 0. The van der Waals surface area contributed by atoms with Gasteiger partial charge in [-0.25, -0.2) is 0 Å². The van der Waals surface area contributed by atoms with Crippen LogP contribution in [0.15, 0.2) is 42.5 Å². The SMILES string of the molecule is CCOc1ccc(NCC(=O)Nc2cc(C)ccc2C)cc1. The van der Waals surface area contributed by atoms with Crippen LogP contribution in [0, 0.1) is 13.8 Å². The third kappa shape index (κ3) is 4.52. The van der Waals surface area contributed by atoms with Crippen molar-refractivity contribution in [1.29, 1.82) is 0 Å². The van der Waals surface area contributed by atoms with E-state index in [9.17, 15) is 4.79 Å². The molecule has 0 fully saturated rings. The van der Waals surface area contributed by atoms with Gasteiger partial charge in [0.1, 0.15) is 5.75 Å². The van der Waals surface area contributed by atoms with Crippen molar-refractivity contribution in [3.63, 3.8) is 0 Å². The minimum absolute atomic E-state index is 0.0671. The molecular weight excluding hydrogens is 276 g/mol. The van der Waals surface area contributed by atoms with Gasteiger partial charge < -0.3 is 15.4 Å². The zero-order chi connectivity index (χ0) is 15.9. The summed E-state index contributed by atoms with van der Waals surface area (Å²) in [5.41, 5.74) is 3.93. The lowest BCUT2D eigenvalue weighted by Crippen LogP contribution is -2.22. The molecule has 0 bridgehead atoms. The fourth-order valence-electron chi connectivity index (χ4n) is 2.08. The number of hydrogen-bond donors (Lipinski definition) is 2. The van der Waals surface area contributed by atoms with Gasteiger partial charge in [-0.15, -0.1) is 0 Å². The number of aryl methyl sites for hydroxylation is 2. The first-order valence-corrected chi connectivity index (χ1v) is 7.42. The molecule has 1 amide bonds. The highest BCUT2D eigenvalue weighted by molar-refractivity contribution is 5.94. The van der Waals surface area contributed by atoms with Gasteiger partial charge in [0.2, 0.25) is 5.91 Å². The summed E-state index contributed by atoms with van der Waals surface area (Å²) < 4.78 is 5.38. The molecule has 0 heterocycles. The molecule has 0 unspecified atom stereocenters. The second-order valence-corrected chi connectivity index (χ2v) is 5.18. The van der Waals surface area contributed by atoms with Crippen LogP contribution < -0.4 is 15.4 Å². The molecule has 0 saturated carbocycles. The van der Waals surface area contributed by atoms with Crippen LogP contribution in [-0.2, 0) is 4.79 Å². The van der Waals surface area contributed by atoms with E-state index in [4.69, 9.17) is 4.74 Å². The Bertz CT molecular complexity index is 636. The summed E-state index contributed by atoms with van der Waals surface area (Å²) in [6.45, 7) is 6.80. The molecule has 0 saturated heterocycles. The Hall–Kier alpha value is -2.49. The highest BCUT2D eigenvalue weighted by atomic mass is 16.5. The summed E-state index contributed by atoms with van der Waals surface area (Å²) in [7, 11) is 0. The Kier molecular flexibility index (Phi) is 5.42. The number of nitrogens with one attached hydrogen (secondary N) is 2. The van der Waals surface area contributed by atoms with E-state index in [0.717, 1.165) is 28.3 Å². The molecule has 2 N–H and O–H groups in total. The fourth-order valence-corrected chi connectivity index (χ4v) is 2.08. The number of rotatable bonds is 6. The van der Waals surface area contributed by atoms with Crippen LogP contribution in [0.3, 0.4) is 0 Å². The van der Waals surface area contributed by atoms with Crippen LogP contribution in [0.1, 0.15) is 18.1 Å². The average Bonchev–Trinajstić information content (AvgIpc) is 2.51. The number of amides is 1. The van der Waals surface area contributed by atoms with Gasteiger partial charge in [0, 0.05) is 11.4 Å². The number of hydrogen-bond acceptors (Lipinski definition) is 3. The second kappa shape index (κ2) is 7.50. The van der Waals surface area contributed by atoms with Gasteiger partial charge in [0.25, 0.3) is 0 Å². The lowest BCUT2D eigenvalue weighted by molar-refractivity contribution is -0.114. The molecule has 0 spiro atoms. The lowest BCUT2D eigenvalue weighted by Gasteiger charge is -2.11. The van der Waals surface area contributed by atoms with Crippen LogP contribution in [0.4, 0.5) is 11.4 Å². The molecule has 0 aromatic heterocycles. The Morgan fingerprint density at radius 3 is 2.50 bits per heavy atom. The zero-order valence-corrected chi connectivity index (χ0v) is 13.3. The van der Waals surface area contributed by atoms with Crippen molar-refractivity contribution in [2.75, 3.05) is 23.8 Å². The first-order chi connectivity index (χ1) is 10.6. The molecule has 0 aliphatic heterocycles. The molecule has 0 atom stereocenters. The molecule has 0 radical (unpaired) electrons. The molecule has 2 rings (SSSR count). The number of benzene rings is 2. The van der Waals surface area contributed by atoms with E-state index in [1.807, 2.05) is 63.2 Å². The summed E-state index contributed by atoms with van der Waals surface area (Å²) in [6, 6.07) is 13.6. The van der Waals surface area contributed by atoms with Crippen molar-refractivity contribution in [2.24, 2.45) is 0 Å². The van der Waals surface area contributed by atoms with Gasteiger partial charge in [-0.3, -0.25) is 4.79 Å². The van der Waals surface area contributed by atoms with E-state index >= 15 is 0 Å². The van der Waals surface area contributed by atoms with Crippen molar-refractivity contribution in [2.45, 2.75) is 20.8 Å². The van der Waals surface area contributed by atoms with Crippen molar-refractivity contribution in [1.82, 2.24) is 0 Å². The summed E-state index contributed by atoms with van der Waals surface area (Å²) in [4.78, 5) is 12.0. The lowest BCUT2D eigenvalue weighted by atomic mass is 10.1. The smallest absolute Gasteiger partial charge is 0.243 e. The van der Waals surface area contributed by atoms with Crippen LogP contribution in [0.25, 0.3) is 0 Å². The highest BCUT2D eigenvalue weighted by Crippen LogP contribution is 2.17. The molecule has 22 heavy (non-hydrogen) atoms. The van der Waals surface area contributed by atoms with Gasteiger partial charge in [0.05, 0.1) is 13.2 Å². The maximum Gasteiger partial charge on any atom is 0.243 e. The third-order valence-corrected chi connectivity index (χ3v) is 3.29. The fraction of sp³-hybridized carbons (Fsp3) is 0.278. The third-order valence-electron chi connectivity index (χ3n) is 3.29. The summed E-state index contributed by atoms with van der Waals surface area (Å²) in [6.07, 6.45) is 0. The largest absolute Gasteiger partial charge is 0.494 e. The Balaban J connectivity index is 1.88. The predicted molar refractivity (Wildman–Crippen MR) is 90.6 cm³/mol. The van der Waals surface area contributed by atoms with E-state index in [0.29, 0.717) is 6.61 Å². The summed E-state index contributed by atoms with van der Waals surface area (Å²) in [5.74, 6) is 0.760. The minimum Gasteiger partial charge on any atom is -0.494 e. The maximum atomic E-state index is 12.0. The van der Waals surface area contributed by atoms with Crippen molar-refractivity contribution in [3.05, 3.63) is 53.6 Å². The van der Waals surface area contributed by atoms with Crippen LogP contribution in [0.5, 0.6) is 5.75 Å². The Morgan fingerprint density at radius 2 is 1.82 bits per heavy atom. The summed E-state index contributed by atoms with van der Waals surface area (Å²) in [5, 5.41) is 6.03. The van der Waals surface area contributed by atoms with Gasteiger partial charge in [0.15, 0.2) is 0 Å². The molecular formula is C18H22N2O2. The Morgan fingerprint density at radius 1 is 1.09 bits per heavy atom. The first kappa shape index (κ1) is 15.9. The van der Waals surface area contributed by atoms with Gasteiger partial charge >= 0.3 is 0 Å².